The molecular weight excluding hydrogens is 302 g/mol. The topological polar surface area (TPSA) is 3.24 Å². The zero-order valence-electron chi connectivity index (χ0n) is 13.7. The fourth-order valence-electron chi connectivity index (χ4n) is 2.33. The van der Waals surface area contributed by atoms with Crippen LogP contribution in [0.4, 0.5) is 0 Å². The molecule has 0 saturated carbocycles. The average molecular weight is 336 g/mol. The van der Waals surface area contributed by atoms with Crippen LogP contribution in [0.2, 0.25) is 0 Å². The third-order valence-electron chi connectivity index (χ3n) is 3.54. The van der Waals surface area contributed by atoms with Crippen molar-refractivity contribution in [1.82, 2.24) is 4.90 Å². The largest absolute Gasteiger partial charge is 0.298 e. The van der Waals surface area contributed by atoms with Crippen molar-refractivity contribution in [2.75, 3.05) is 47.6 Å². The van der Waals surface area contributed by atoms with E-state index in [0.717, 1.165) is 0 Å². The molecular formula is C16H33NS3. The minimum atomic E-state index is 0.331. The molecule has 0 aliphatic carbocycles. The Bertz CT molecular complexity index is 212. The van der Waals surface area contributed by atoms with E-state index in [1.165, 1.54) is 73.3 Å². The van der Waals surface area contributed by atoms with Crippen molar-refractivity contribution in [1.29, 1.82) is 0 Å². The normalized spacial score (nSPS) is 23.6. The highest BCUT2D eigenvalue weighted by molar-refractivity contribution is 8.00. The molecule has 0 radical (unpaired) electrons. The van der Waals surface area contributed by atoms with Crippen LogP contribution in [0.5, 0.6) is 0 Å². The SMILES string of the molecule is CC(C)(C)N1CCCSCCCSCCCSCCC1. The lowest BCUT2D eigenvalue weighted by atomic mass is 10.1. The number of hydrogen-bond donors (Lipinski definition) is 0. The summed E-state index contributed by atoms with van der Waals surface area (Å²) in [6.07, 6.45) is 5.49. The summed E-state index contributed by atoms with van der Waals surface area (Å²) < 4.78 is 0. The van der Waals surface area contributed by atoms with Gasteiger partial charge in [-0.15, -0.1) is 0 Å². The second-order valence-corrected chi connectivity index (χ2v) is 10.1. The van der Waals surface area contributed by atoms with Crippen LogP contribution in [-0.2, 0) is 0 Å². The first-order valence-electron chi connectivity index (χ1n) is 8.09. The maximum Gasteiger partial charge on any atom is 0.0125 e. The molecule has 1 nitrogen and oxygen atoms in total. The smallest absolute Gasteiger partial charge is 0.0125 e. The second-order valence-electron chi connectivity index (χ2n) is 6.41. The number of hydrogen-bond acceptors (Lipinski definition) is 4. The van der Waals surface area contributed by atoms with Crippen molar-refractivity contribution in [3.05, 3.63) is 0 Å². The molecule has 1 saturated heterocycles. The van der Waals surface area contributed by atoms with E-state index < -0.39 is 0 Å². The summed E-state index contributed by atoms with van der Waals surface area (Å²) in [7, 11) is 0. The lowest BCUT2D eigenvalue weighted by Crippen LogP contribution is -2.42. The van der Waals surface area contributed by atoms with Gasteiger partial charge in [-0.25, -0.2) is 0 Å². The summed E-state index contributed by atoms with van der Waals surface area (Å²) in [5, 5.41) is 0. The number of rotatable bonds is 0. The Morgan fingerprint density at radius 2 is 0.950 bits per heavy atom. The van der Waals surface area contributed by atoms with Gasteiger partial charge in [-0.1, -0.05) is 0 Å². The van der Waals surface area contributed by atoms with E-state index in [4.69, 9.17) is 0 Å². The highest BCUT2D eigenvalue weighted by Crippen LogP contribution is 2.18. The Morgan fingerprint density at radius 3 is 1.30 bits per heavy atom. The molecule has 120 valence electrons. The first-order chi connectivity index (χ1) is 9.61. The highest BCUT2D eigenvalue weighted by Gasteiger charge is 2.19. The molecule has 0 spiro atoms. The predicted molar refractivity (Wildman–Crippen MR) is 102 cm³/mol. The lowest BCUT2D eigenvalue weighted by Gasteiger charge is -2.35. The third kappa shape index (κ3) is 9.86. The zero-order valence-corrected chi connectivity index (χ0v) is 16.1. The van der Waals surface area contributed by atoms with Crippen LogP contribution in [0.25, 0.3) is 0 Å². The average Bonchev–Trinajstić information content (AvgIpc) is 2.37. The van der Waals surface area contributed by atoms with E-state index in [2.05, 4.69) is 61.0 Å². The van der Waals surface area contributed by atoms with Crippen LogP contribution in [0.1, 0.15) is 46.5 Å². The second kappa shape index (κ2) is 11.6. The van der Waals surface area contributed by atoms with Gasteiger partial charge in [0.25, 0.3) is 0 Å². The molecule has 1 aliphatic heterocycles. The van der Waals surface area contributed by atoms with E-state index >= 15 is 0 Å². The molecule has 1 rings (SSSR count). The standard InChI is InChI=1S/C16H33NS3/c1-16(2,3)17-8-4-10-18-12-6-14-20-15-7-13-19-11-5-9-17/h4-15H2,1-3H3. The van der Waals surface area contributed by atoms with E-state index in [-0.39, 0.29) is 0 Å². The maximum atomic E-state index is 2.69. The Morgan fingerprint density at radius 1 is 0.600 bits per heavy atom. The third-order valence-corrected chi connectivity index (χ3v) is 7.00. The fourth-order valence-corrected chi connectivity index (χ4v) is 5.37. The molecule has 0 aromatic carbocycles. The minimum absolute atomic E-state index is 0.331. The zero-order chi connectivity index (χ0) is 14.7. The molecule has 0 atom stereocenters. The molecule has 4 heteroatoms. The minimum Gasteiger partial charge on any atom is -0.298 e. The van der Waals surface area contributed by atoms with Gasteiger partial charge >= 0.3 is 0 Å². The Hall–Kier alpha value is 1.01. The van der Waals surface area contributed by atoms with Crippen molar-refractivity contribution in [2.45, 2.75) is 52.0 Å². The lowest BCUT2D eigenvalue weighted by molar-refractivity contribution is 0.138. The van der Waals surface area contributed by atoms with Crippen molar-refractivity contribution >= 4 is 35.3 Å². The first kappa shape index (κ1) is 19.1. The summed E-state index contributed by atoms with van der Waals surface area (Å²) in [5.41, 5.74) is 0.331. The van der Waals surface area contributed by atoms with Gasteiger partial charge in [-0.3, -0.25) is 4.90 Å². The predicted octanol–water partition coefficient (Wildman–Crippen LogP) is 4.86. The molecule has 0 unspecified atom stereocenters. The van der Waals surface area contributed by atoms with E-state index in [1.807, 2.05) is 0 Å². The summed E-state index contributed by atoms with van der Waals surface area (Å²) in [4.78, 5) is 2.69. The summed E-state index contributed by atoms with van der Waals surface area (Å²) in [5.74, 6) is 8.13. The van der Waals surface area contributed by atoms with Gasteiger partial charge in [0.1, 0.15) is 0 Å². The Kier molecular flexibility index (Phi) is 11.0. The van der Waals surface area contributed by atoms with Crippen molar-refractivity contribution < 1.29 is 0 Å². The van der Waals surface area contributed by atoms with Gasteiger partial charge in [0.05, 0.1) is 0 Å². The molecule has 20 heavy (non-hydrogen) atoms. The first-order valence-corrected chi connectivity index (χ1v) is 11.6. The maximum absolute atomic E-state index is 2.69. The van der Waals surface area contributed by atoms with Gasteiger partial charge in [0.2, 0.25) is 0 Å². The quantitative estimate of drug-likeness (QED) is 0.621. The van der Waals surface area contributed by atoms with Crippen LogP contribution in [-0.4, -0.2) is 58.0 Å². The van der Waals surface area contributed by atoms with Gasteiger partial charge < -0.3 is 0 Å². The van der Waals surface area contributed by atoms with E-state index in [9.17, 15) is 0 Å². The fraction of sp³-hybridized carbons (Fsp3) is 1.00. The molecule has 0 aromatic rings. The number of thioether (sulfide) groups is 3. The highest BCUT2D eigenvalue weighted by atomic mass is 32.2. The summed E-state index contributed by atoms with van der Waals surface area (Å²) in [6.45, 7) is 9.64. The van der Waals surface area contributed by atoms with E-state index in [1.54, 1.807) is 0 Å². The summed E-state index contributed by atoms with van der Waals surface area (Å²) >= 11 is 6.47. The van der Waals surface area contributed by atoms with Crippen LogP contribution in [0.3, 0.4) is 0 Å². The summed E-state index contributed by atoms with van der Waals surface area (Å²) in [6, 6.07) is 0. The van der Waals surface area contributed by atoms with Gasteiger partial charge in [0.15, 0.2) is 0 Å². The Labute approximate surface area is 139 Å². The van der Waals surface area contributed by atoms with Crippen molar-refractivity contribution in [3.63, 3.8) is 0 Å². The van der Waals surface area contributed by atoms with Crippen molar-refractivity contribution in [3.8, 4) is 0 Å². The van der Waals surface area contributed by atoms with E-state index in [0.29, 0.717) is 5.54 Å². The molecule has 0 N–H and O–H groups in total. The van der Waals surface area contributed by atoms with Crippen molar-refractivity contribution in [2.24, 2.45) is 0 Å². The monoisotopic (exact) mass is 335 g/mol. The van der Waals surface area contributed by atoms with Crippen LogP contribution in [0, 0.1) is 0 Å². The van der Waals surface area contributed by atoms with Gasteiger partial charge in [0, 0.05) is 5.54 Å². The molecule has 1 aliphatic rings. The molecule has 0 bridgehead atoms. The van der Waals surface area contributed by atoms with Crippen LogP contribution >= 0.6 is 35.3 Å². The Balaban J connectivity index is 2.32. The molecule has 0 aromatic heterocycles. The number of nitrogens with zero attached hydrogens (tertiary/aromatic N) is 1. The molecule has 1 fully saturated rings. The van der Waals surface area contributed by atoms with Crippen LogP contribution in [0.15, 0.2) is 0 Å². The molecule has 1 heterocycles. The van der Waals surface area contributed by atoms with Gasteiger partial charge in [-0.2, -0.15) is 35.3 Å². The van der Waals surface area contributed by atoms with Gasteiger partial charge in [-0.05, 0) is 94.1 Å². The molecule has 0 amide bonds. The van der Waals surface area contributed by atoms with Crippen LogP contribution < -0.4 is 0 Å².